The van der Waals surface area contributed by atoms with Crippen LogP contribution in [0.2, 0.25) is 5.15 Å². The van der Waals surface area contributed by atoms with E-state index in [2.05, 4.69) is 14.9 Å². The second kappa shape index (κ2) is 3.56. The Morgan fingerprint density at radius 1 is 1.35 bits per heavy atom. The zero-order chi connectivity index (χ0) is 11.4. The van der Waals surface area contributed by atoms with Crippen LogP contribution in [0.3, 0.4) is 0 Å². The van der Waals surface area contributed by atoms with Crippen LogP contribution in [0.5, 0.6) is 0 Å². The molecule has 4 nitrogen and oxygen atoms in total. The number of hydrogen-bond donors (Lipinski definition) is 0. The van der Waals surface area contributed by atoms with Crippen LogP contribution in [-0.4, -0.2) is 35.3 Å². The lowest BCUT2D eigenvalue weighted by Crippen LogP contribution is -2.37. The summed E-state index contributed by atoms with van der Waals surface area (Å²) in [5, 5.41) is 0.570. The van der Waals surface area contributed by atoms with Crippen LogP contribution in [0, 0.1) is 0 Å². The van der Waals surface area contributed by atoms with Crippen molar-refractivity contribution < 1.29 is 4.74 Å². The molecule has 90 valence electrons. The van der Waals surface area contributed by atoms with Gasteiger partial charge in [0.15, 0.2) is 0 Å². The summed E-state index contributed by atoms with van der Waals surface area (Å²) in [4.78, 5) is 11.3. The number of hydrogen-bond acceptors (Lipinski definition) is 4. The Kier molecular flexibility index (Phi) is 2.11. The zero-order valence-electron chi connectivity index (χ0n) is 9.47. The molecular weight excluding hydrogens is 238 g/mol. The Morgan fingerprint density at radius 2 is 2.24 bits per heavy atom. The first-order valence-corrected chi connectivity index (χ1v) is 6.60. The molecule has 3 heterocycles. The van der Waals surface area contributed by atoms with Crippen LogP contribution in [-0.2, 0) is 4.74 Å². The van der Waals surface area contributed by atoms with Crippen LogP contribution >= 0.6 is 11.6 Å². The number of aromatic nitrogens is 2. The Morgan fingerprint density at radius 3 is 2.88 bits per heavy atom. The Balaban J connectivity index is 1.68. The van der Waals surface area contributed by atoms with Crippen LogP contribution in [0.25, 0.3) is 0 Å². The van der Waals surface area contributed by atoms with E-state index >= 15 is 0 Å². The number of morpholine rings is 1. The third-order valence-electron chi connectivity index (χ3n) is 3.84. The molecule has 2 aliphatic heterocycles. The summed E-state index contributed by atoms with van der Waals surface area (Å²) in [6.07, 6.45) is 3.92. The molecule has 0 radical (unpaired) electrons. The summed E-state index contributed by atoms with van der Waals surface area (Å²) in [6, 6.07) is 2.37. The van der Waals surface area contributed by atoms with E-state index in [9.17, 15) is 0 Å². The SMILES string of the molecule is Clc1cc(N2C[C@H]3C[C@H]2CO3)nc(C2CC2)n1. The lowest BCUT2D eigenvalue weighted by Gasteiger charge is -2.28. The van der Waals surface area contributed by atoms with Gasteiger partial charge in [0.25, 0.3) is 0 Å². The van der Waals surface area contributed by atoms with Crippen molar-refractivity contribution >= 4 is 17.4 Å². The third kappa shape index (κ3) is 1.70. The topological polar surface area (TPSA) is 38.2 Å². The van der Waals surface area contributed by atoms with E-state index in [4.69, 9.17) is 16.3 Å². The highest BCUT2D eigenvalue weighted by Gasteiger charge is 2.40. The highest BCUT2D eigenvalue weighted by Crippen LogP contribution is 2.40. The average molecular weight is 252 g/mol. The van der Waals surface area contributed by atoms with Crippen LogP contribution in [0.1, 0.15) is 31.0 Å². The molecule has 1 aromatic rings. The molecule has 0 aromatic carbocycles. The first-order valence-electron chi connectivity index (χ1n) is 6.22. The van der Waals surface area contributed by atoms with Gasteiger partial charge in [-0.05, 0) is 19.3 Å². The average Bonchev–Trinajstić information content (AvgIpc) is 2.97. The highest BCUT2D eigenvalue weighted by molar-refractivity contribution is 6.29. The first kappa shape index (κ1) is 10.1. The Labute approximate surface area is 105 Å². The van der Waals surface area contributed by atoms with Gasteiger partial charge >= 0.3 is 0 Å². The summed E-state index contributed by atoms with van der Waals surface area (Å²) in [5.41, 5.74) is 0. The number of anilines is 1. The van der Waals surface area contributed by atoms with Gasteiger partial charge in [0.1, 0.15) is 16.8 Å². The van der Waals surface area contributed by atoms with Crippen molar-refractivity contribution in [3.63, 3.8) is 0 Å². The molecule has 5 heteroatoms. The van der Waals surface area contributed by atoms with Gasteiger partial charge in [0.05, 0.1) is 18.8 Å². The molecule has 4 rings (SSSR count). The molecule has 2 saturated heterocycles. The van der Waals surface area contributed by atoms with Gasteiger partial charge in [-0.2, -0.15) is 0 Å². The van der Waals surface area contributed by atoms with E-state index in [0.29, 0.717) is 23.2 Å². The summed E-state index contributed by atoms with van der Waals surface area (Å²) in [5.74, 6) is 2.46. The summed E-state index contributed by atoms with van der Waals surface area (Å²) in [6.45, 7) is 1.77. The molecule has 2 bridgehead atoms. The highest BCUT2D eigenvalue weighted by atomic mass is 35.5. The number of halogens is 1. The van der Waals surface area contributed by atoms with E-state index in [1.54, 1.807) is 0 Å². The minimum absolute atomic E-state index is 0.387. The minimum Gasteiger partial charge on any atom is -0.374 e. The number of rotatable bonds is 2. The van der Waals surface area contributed by atoms with Gasteiger partial charge in [0, 0.05) is 18.5 Å². The van der Waals surface area contributed by atoms with Crippen LogP contribution in [0.4, 0.5) is 5.82 Å². The van der Waals surface area contributed by atoms with Crippen molar-refractivity contribution in [1.82, 2.24) is 9.97 Å². The van der Waals surface area contributed by atoms with E-state index in [1.165, 1.54) is 12.8 Å². The van der Waals surface area contributed by atoms with Gasteiger partial charge in [-0.15, -0.1) is 0 Å². The summed E-state index contributed by atoms with van der Waals surface area (Å²) in [7, 11) is 0. The lowest BCUT2D eigenvalue weighted by atomic mass is 10.2. The van der Waals surface area contributed by atoms with E-state index in [1.807, 2.05) is 6.07 Å². The first-order chi connectivity index (χ1) is 8.29. The summed E-state index contributed by atoms with van der Waals surface area (Å²) < 4.78 is 5.61. The number of nitrogens with zero attached hydrogens (tertiary/aromatic N) is 3. The molecule has 3 fully saturated rings. The zero-order valence-corrected chi connectivity index (χ0v) is 10.2. The van der Waals surface area contributed by atoms with Crippen LogP contribution in [0.15, 0.2) is 6.07 Å². The van der Waals surface area contributed by atoms with Crippen LogP contribution < -0.4 is 4.90 Å². The smallest absolute Gasteiger partial charge is 0.135 e. The maximum absolute atomic E-state index is 6.09. The number of ether oxygens (including phenoxy) is 1. The summed E-state index contributed by atoms with van der Waals surface area (Å²) >= 11 is 6.09. The molecular formula is C12H14ClN3O. The van der Waals surface area contributed by atoms with Crippen molar-refractivity contribution in [2.75, 3.05) is 18.1 Å². The maximum Gasteiger partial charge on any atom is 0.135 e. The lowest BCUT2D eigenvalue weighted by molar-refractivity contribution is 0.0988. The van der Waals surface area contributed by atoms with Gasteiger partial charge in [-0.3, -0.25) is 0 Å². The van der Waals surface area contributed by atoms with Gasteiger partial charge in [0.2, 0.25) is 0 Å². The van der Waals surface area contributed by atoms with Gasteiger partial charge in [-0.1, -0.05) is 11.6 Å². The van der Waals surface area contributed by atoms with E-state index in [-0.39, 0.29) is 0 Å². The molecule has 2 atom stereocenters. The largest absolute Gasteiger partial charge is 0.374 e. The molecule has 1 saturated carbocycles. The Hall–Kier alpha value is -0.870. The number of fused-ring (bicyclic) bond motifs is 2. The molecule has 0 amide bonds. The molecule has 3 aliphatic rings. The van der Waals surface area contributed by atoms with Crippen molar-refractivity contribution in [1.29, 1.82) is 0 Å². The molecule has 0 spiro atoms. The normalized spacial score (nSPS) is 31.2. The van der Waals surface area contributed by atoms with E-state index in [0.717, 1.165) is 31.2 Å². The molecule has 0 N–H and O–H groups in total. The standard InChI is InChI=1S/C12H14ClN3O/c13-10-4-11(15-12(14-10)7-1-2-7)16-5-9-3-8(16)6-17-9/h4,7-9H,1-3,5-6H2/t8-,9+/m0/s1. The van der Waals surface area contributed by atoms with E-state index < -0.39 is 0 Å². The van der Waals surface area contributed by atoms with Crippen molar-refractivity contribution in [2.45, 2.75) is 37.3 Å². The maximum atomic E-state index is 6.09. The van der Waals surface area contributed by atoms with Crippen molar-refractivity contribution in [3.05, 3.63) is 17.0 Å². The predicted molar refractivity (Wildman–Crippen MR) is 64.5 cm³/mol. The molecule has 17 heavy (non-hydrogen) atoms. The minimum atomic E-state index is 0.387. The van der Waals surface area contributed by atoms with Gasteiger partial charge < -0.3 is 9.64 Å². The third-order valence-corrected chi connectivity index (χ3v) is 4.03. The van der Waals surface area contributed by atoms with Gasteiger partial charge in [-0.25, -0.2) is 9.97 Å². The fourth-order valence-electron chi connectivity index (χ4n) is 2.77. The second-order valence-electron chi connectivity index (χ2n) is 5.18. The fourth-order valence-corrected chi connectivity index (χ4v) is 2.96. The Bertz CT molecular complexity index is 463. The van der Waals surface area contributed by atoms with Crippen molar-refractivity contribution in [3.8, 4) is 0 Å². The predicted octanol–water partition coefficient (Wildman–Crippen LogP) is 1.98. The monoisotopic (exact) mass is 251 g/mol. The fraction of sp³-hybridized carbons (Fsp3) is 0.667. The second-order valence-corrected chi connectivity index (χ2v) is 5.57. The quantitative estimate of drug-likeness (QED) is 0.754. The molecule has 0 unspecified atom stereocenters. The van der Waals surface area contributed by atoms with Crippen molar-refractivity contribution in [2.24, 2.45) is 0 Å². The molecule has 1 aromatic heterocycles. The molecule has 1 aliphatic carbocycles.